The molecule has 4 aliphatic carbocycles. The number of carbonyl (C=O) groups excluding carboxylic acids is 2. The lowest BCUT2D eigenvalue weighted by molar-refractivity contribution is -0.219. The normalized spacial score (nSPS) is 46.6. The van der Waals surface area contributed by atoms with Crippen LogP contribution >= 0.6 is 0 Å². The largest absolute Gasteiger partial charge is 0.469 e. The van der Waals surface area contributed by atoms with Gasteiger partial charge >= 0.3 is 11.9 Å². The number of hydrogen-bond acceptors (Lipinski definition) is 6. The zero-order chi connectivity index (χ0) is 25.8. The average molecular weight is 521 g/mol. The topological polar surface area (TPSA) is 71.1 Å². The Morgan fingerprint density at radius 3 is 2.34 bits per heavy atom. The number of rotatable bonds is 5. The Morgan fingerprint density at radius 2 is 1.74 bits per heavy atom. The standard InChI is InChI=1S/C27H44O6Si2/c1-16-13-27-14-17(16)18(32-34(4,5)6)12-19(27)26-11-10-20(33-35(7,8)9)25(2,24(29)31-15-26)22(26)21(27)23(28)30-3/h17-22H,1,10-15H2,2-9H3/t17?,18-,19-,20-,21+,22+,25?,26+,27-/m0/s1. The molecular weight excluding hydrogens is 476 g/mol. The molecule has 5 aliphatic rings. The molecule has 9 atom stereocenters. The molecule has 1 spiro atoms. The van der Waals surface area contributed by atoms with E-state index in [1.54, 1.807) is 0 Å². The summed E-state index contributed by atoms with van der Waals surface area (Å²) in [4.78, 5) is 27.4. The molecule has 0 aromatic rings. The van der Waals surface area contributed by atoms with Gasteiger partial charge in [-0.1, -0.05) is 12.2 Å². The highest BCUT2D eigenvalue weighted by atomic mass is 28.4. The van der Waals surface area contributed by atoms with Crippen molar-refractivity contribution in [2.24, 2.45) is 39.9 Å². The number of fused-ring (bicyclic) bond motifs is 1. The number of carbonyl (C=O) groups is 2. The zero-order valence-corrected chi connectivity index (χ0v) is 24.9. The molecule has 0 N–H and O–H groups in total. The first-order chi connectivity index (χ1) is 16.1. The van der Waals surface area contributed by atoms with Crippen molar-refractivity contribution in [2.45, 2.75) is 90.5 Å². The summed E-state index contributed by atoms with van der Waals surface area (Å²) in [6.07, 6.45) is 4.25. The molecule has 0 aromatic carbocycles. The van der Waals surface area contributed by atoms with Crippen LogP contribution in [0.5, 0.6) is 0 Å². The smallest absolute Gasteiger partial charge is 0.314 e. The van der Waals surface area contributed by atoms with Gasteiger partial charge in [0.1, 0.15) is 0 Å². The van der Waals surface area contributed by atoms with Gasteiger partial charge in [0.15, 0.2) is 16.6 Å². The maximum absolute atomic E-state index is 13.7. The molecule has 8 heteroatoms. The van der Waals surface area contributed by atoms with E-state index in [9.17, 15) is 9.59 Å². The fraction of sp³-hybridized carbons (Fsp3) is 0.852. The van der Waals surface area contributed by atoms with Crippen LogP contribution < -0.4 is 0 Å². The van der Waals surface area contributed by atoms with Gasteiger partial charge in [0.05, 0.1) is 37.3 Å². The molecule has 2 unspecified atom stereocenters. The van der Waals surface area contributed by atoms with E-state index < -0.39 is 22.0 Å². The molecule has 4 bridgehead atoms. The van der Waals surface area contributed by atoms with Crippen LogP contribution in [0.4, 0.5) is 0 Å². The third-order valence-electron chi connectivity index (χ3n) is 10.1. The number of hydrogen-bond donors (Lipinski definition) is 0. The molecule has 0 amide bonds. The molecule has 1 heterocycles. The van der Waals surface area contributed by atoms with Crippen LogP contribution in [0.15, 0.2) is 12.2 Å². The summed E-state index contributed by atoms with van der Waals surface area (Å²) in [7, 11) is -2.23. The predicted octanol–water partition coefficient (Wildman–Crippen LogP) is 5.16. The lowest BCUT2D eigenvalue weighted by atomic mass is 9.50. The summed E-state index contributed by atoms with van der Waals surface area (Å²) in [5.74, 6) is -0.372. The minimum absolute atomic E-state index is 0.126. The Kier molecular flexibility index (Phi) is 5.70. The van der Waals surface area contributed by atoms with E-state index in [1.165, 1.54) is 12.7 Å². The minimum atomic E-state index is -1.94. The summed E-state index contributed by atoms with van der Waals surface area (Å²) in [5, 5.41) is 0. The molecule has 35 heavy (non-hydrogen) atoms. The van der Waals surface area contributed by atoms with Gasteiger partial charge in [-0.3, -0.25) is 9.59 Å². The first kappa shape index (κ1) is 25.7. The van der Waals surface area contributed by atoms with E-state index in [0.29, 0.717) is 6.61 Å². The van der Waals surface area contributed by atoms with Gasteiger partial charge in [-0.15, -0.1) is 0 Å². The lowest BCUT2D eigenvalue weighted by Gasteiger charge is -2.59. The average Bonchev–Trinajstić information content (AvgIpc) is 3.16. The molecule has 1 aliphatic heterocycles. The van der Waals surface area contributed by atoms with Crippen LogP contribution in [0, 0.1) is 39.9 Å². The first-order valence-electron chi connectivity index (χ1n) is 13.4. The number of methoxy groups -OCH3 is 1. The molecule has 6 nitrogen and oxygen atoms in total. The molecule has 5 rings (SSSR count). The maximum atomic E-state index is 13.7. The third-order valence-corrected chi connectivity index (χ3v) is 12.1. The Balaban J connectivity index is 1.67. The molecule has 4 saturated carbocycles. The second-order valence-electron chi connectivity index (χ2n) is 14.3. The minimum Gasteiger partial charge on any atom is -0.469 e. The second-order valence-corrected chi connectivity index (χ2v) is 23.2. The van der Waals surface area contributed by atoms with E-state index in [-0.39, 0.29) is 58.6 Å². The van der Waals surface area contributed by atoms with Gasteiger partial charge in [-0.05, 0) is 89.6 Å². The molecule has 1 saturated heterocycles. The van der Waals surface area contributed by atoms with Gasteiger partial charge in [-0.2, -0.15) is 0 Å². The van der Waals surface area contributed by atoms with Gasteiger partial charge in [0.2, 0.25) is 0 Å². The molecule has 0 aromatic heterocycles. The van der Waals surface area contributed by atoms with Crippen LogP contribution in [0.3, 0.4) is 0 Å². The van der Waals surface area contributed by atoms with Gasteiger partial charge < -0.3 is 18.3 Å². The highest BCUT2D eigenvalue weighted by molar-refractivity contribution is 6.70. The first-order valence-corrected chi connectivity index (χ1v) is 20.2. The fourth-order valence-corrected chi connectivity index (χ4v) is 11.7. The highest BCUT2D eigenvalue weighted by Crippen LogP contribution is 2.79. The molecular formula is C27H44O6Si2. The monoisotopic (exact) mass is 520 g/mol. The van der Waals surface area contributed by atoms with Crippen molar-refractivity contribution in [1.29, 1.82) is 0 Å². The Bertz CT molecular complexity index is 952. The quantitative estimate of drug-likeness (QED) is 0.283. The zero-order valence-electron chi connectivity index (χ0n) is 22.9. The third kappa shape index (κ3) is 3.52. The summed E-state index contributed by atoms with van der Waals surface area (Å²) in [5.41, 5.74) is -0.155. The summed E-state index contributed by atoms with van der Waals surface area (Å²) >= 11 is 0. The van der Waals surface area contributed by atoms with Crippen molar-refractivity contribution in [1.82, 2.24) is 0 Å². The summed E-state index contributed by atoms with van der Waals surface area (Å²) in [6.45, 7) is 20.2. The van der Waals surface area contributed by atoms with Gasteiger partial charge in [0, 0.05) is 17.3 Å². The number of ether oxygens (including phenoxy) is 2. The van der Waals surface area contributed by atoms with Crippen LogP contribution in [0.2, 0.25) is 39.3 Å². The Labute approximate surface area is 212 Å². The van der Waals surface area contributed by atoms with E-state index in [4.69, 9.17) is 18.3 Å². The molecule has 196 valence electrons. The molecule has 0 radical (unpaired) electrons. The Morgan fingerprint density at radius 1 is 1.09 bits per heavy atom. The van der Waals surface area contributed by atoms with Crippen LogP contribution in [-0.2, 0) is 27.9 Å². The van der Waals surface area contributed by atoms with Crippen LogP contribution in [0.25, 0.3) is 0 Å². The molecule has 5 fully saturated rings. The van der Waals surface area contributed by atoms with Crippen molar-refractivity contribution < 1.29 is 27.9 Å². The van der Waals surface area contributed by atoms with Crippen molar-refractivity contribution >= 4 is 28.6 Å². The van der Waals surface area contributed by atoms with Crippen molar-refractivity contribution in [3.8, 4) is 0 Å². The number of cyclic esters (lactones) is 1. The van der Waals surface area contributed by atoms with Gasteiger partial charge in [-0.25, -0.2) is 0 Å². The van der Waals surface area contributed by atoms with E-state index in [1.807, 2.05) is 6.92 Å². The second kappa shape index (κ2) is 7.77. The van der Waals surface area contributed by atoms with E-state index in [0.717, 1.165) is 32.1 Å². The maximum Gasteiger partial charge on any atom is 0.314 e. The van der Waals surface area contributed by atoms with Gasteiger partial charge in [0.25, 0.3) is 0 Å². The SMILES string of the molecule is C=C1C[C@]23CC1[C@@H](O[Si](C)(C)C)C[C@H]2[C@@]12CC[C@H](O[Si](C)(C)C)C(C)(C(=O)OC1)[C@H]2[C@@H]3C(=O)OC. The summed E-state index contributed by atoms with van der Waals surface area (Å²) < 4.78 is 25.1. The summed E-state index contributed by atoms with van der Waals surface area (Å²) in [6, 6.07) is 0. The van der Waals surface area contributed by atoms with Crippen molar-refractivity contribution in [2.75, 3.05) is 13.7 Å². The predicted molar refractivity (Wildman–Crippen MR) is 139 cm³/mol. The van der Waals surface area contributed by atoms with Crippen molar-refractivity contribution in [3.05, 3.63) is 12.2 Å². The number of esters is 2. The highest BCUT2D eigenvalue weighted by Gasteiger charge is 2.81. The van der Waals surface area contributed by atoms with Crippen LogP contribution in [-0.4, -0.2) is 54.5 Å². The Hall–Kier alpha value is -0.966. The fourth-order valence-electron chi connectivity index (χ4n) is 9.35. The van der Waals surface area contributed by atoms with E-state index in [2.05, 4.69) is 45.9 Å². The van der Waals surface area contributed by atoms with Crippen LogP contribution in [0.1, 0.15) is 39.0 Å². The van der Waals surface area contributed by atoms with E-state index >= 15 is 0 Å². The van der Waals surface area contributed by atoms with Crippen molar-refractivity contribution in [3.63, 3.8) is 0 Å². The lowest BCUT2D eigenvalue weighted by Crippen LogP contribution is -2.65.